The molecule has 25 heavy (non-hydrogen) atoms. The predicted molar refractivity (Wildman–Crippen MR) is 86.9 cm³/mol. The van der Waals surface area contributed by atoms with Crippen LogP contribution in [0, 0.1) is 11.3 Å². The van der Waals surface area contributed by atoms with Gasteiger partial charge in [0, 0.05) is 5.56 Å². The van der Waals surface area contributed by atoms with Gasteiger partial charge in [0.2, 0.25) is 0 Å². The molecule has 7 heteroatoms. The molecule has 4 nitrogen and oxygen atoms in total. The average Bonchev–Trinajstić information content (AvgIpc) is 3.08. The number of nitrogens with one attached hydrogen (secondary N) is 1. The van der Waals surface area contributed by atoms with Crippen LogP contribution in [0.25, 0.3) is 23.4 Å². The molecule has 3 aromatic rings. The lowest BCUT2D eigenvalue weighted by atomic mass is 9.99. The summed E-state index contributed by atoms with van der Waals surface area (Å²) in [5, 5.41) is 18.8. The fourth-order valence-corrected chi connectivity index (χ4v) is 2.33. The maximum Gasteiger partial charge on any atom is 0.416 e. The van der Waals surface area contributed by atoms with Gasteiger partial charge in [-0.1, -0.05) is 53.8 Å². The van der Waals surface area contributed by atoms with Crippen molar-refractivity contribution in [1.29, 1.82) is 5.26 Å². The number of benzene rings is 2. The minimum Gasteiger partial charge on any atom is -0.247 e. The Kier molecular flexibility index (Phi) is 4.35. The summed E-state index contributed by atoms with van der Waals surface area (Å²) in [5.74, 6) is 0. The Morgan fingerprint density at radius 1 is 1.04 bits per heavy atom. The van der Waals surface area contributed by atoms with Crippen LogP contribution < -0.4 is 0 Å². The van der Waals surface area contributed by atoms with Crippen LogP contribution in [0.1, 0.15) is 22.4 Å². The summed E-state index contributed by atoms with van der Waals surface area (Å²) >= 11 is 0. The van der Waals surface area contributed by atoms with E-state index in [0.717, 1.165) is 17.7 Å². The Labute approximate surface area is 141 Å². The first-order valence-corrected chi connectivity index (χ1v) is 7.25. The minimum atomic E-state index is -4.49. The Hall–Kier alpha value is -3.40. The number of halogens is 3. The number of aromatic amines is 1. The first-order chi connectivity index (χ1) is 12.0. The molecule has 0 aliphatic carbocycles. The maximum atomic E-state index is 13.0. The summed E-state index contributed by atoms with van der Waals surface area (Å²) in [6, 6.07) is 14.5. The van der Waals surface area contributed by atoms with Crippen LogP contribution >= 0.6 is 0 Å². The number of hydrogen-bond acceptors (Lipinski definition) is 3. The SMILES string of the molecule is N#Cc1[nH]nnc1-c1cc(C(F)(F)F)ccc1/C=C/c1ccccc1. The van der Waals surface area contributed by atoms with Crippen molar-refractivity contribution in [3.63, 3.8) is 0 Å². The van der Waals surface area contributed by atoms with E-state index < -0.39 is 11.7 Å². The van der Waals surface area contributed by atoms with Crippen molar-refractivity contribution in [3.05, 3.63) is 70.9 Å². The maximum absolute atomic E-state index is 13.0. The fourth-order valence-electron chi connectivity index (χ4n) is 2.33. The molecule has 2 aromatic carbocycles. The van der Waals surface area contributed by atoms with Crippen LogP contribution in [0.2, 0.25) is 0 Å². The molecule has 0 fully saturated rings. The highest BCUT2D eigenvalue weighted by atomic mass is 19.4. The molecule has 0 bridgehead atoms. The van der Waals surface area contributed by atoms with E-state index in [4.69, 9.17) is 5.26 Å². The van der Waals surface area contributed by atoms with Gasteiger partial charge in [-0.05, 0) is 23.3 Å². The fraction of sp³-hybridized carbons (Fsp3) is 0.0556. The number of alkyl halides is 3. The second-order valence-corrected chi connectivity index (χ2v) is 5.19. The zero-order valence-electron chi connectivity index (χ0n) is 12.7. The van der Waals surface area contributed by atoms with Gasteiger partial charge in [-0.2, -0.15) is 18.4 Å². The van der Waals surface area contributed by atoms with Crippen LogP contribution in [0.4, 0.5) is 13.2 Å². The van der Waals surface area contributed by atoms with E-state index in [1.165, 1.54) is 6.07 Å². The zero-order chi connectivity index (χ0) is 17.9. The summed E-state index contributed by atoms with van der Waals surface area (Å²) in [7, 11) is 0. The molecule has 1 N–H and O–H groups in total. The quantitative estimate of drug-likeness (QED) is 0.712. The average molecular weight is 340 g/mol. The summed E-state index contributed by atoms with van der Waals surface area (Å²) in [5.41, 5.74) is 0.866. The molecule has 0 aliphatic heterocycles. The van der Waals surface area contributed by atoms with Gasteiger partial charge in [-0.25, -0.2) is 5.10 Å². The molecule has 0 unspecified atom stereocenters. The highest BCUT2D eigenvalue weighted by Crippen LogP contribution is 2.34. The van der Waals surface area contributed by atoms with Crippen molar-refractivity contribution in [1.82, 2.24) is 15.4 Å². The van der Waals surface area contributed by atoms with Gasteiger partial charge in [0.15, 0.2) is 5.69 Å². The Morgan fingerprint density at radius 2 is 1.80 bits per heavy atom. The van der Waals surface area contributed by atoms with Gasteiger partial charge >= 0.3 is 6.18 Å². The predicted octanol–water partition coefficient (Wildman–Crippen LogP) is 4.53. The lowest BCUT2D eigenvalue weighted by molar-refractivity contribution is -0.137. The first kappa shape index (κ1) is 16.5. The molecule has 0 aliphatic rings. The van der Waals surface area contributed by atoms with Gasteiger partial charge < -0.3 is 0 Å². The van der Waals surface area contributed by atoms with Crippen molar-refractivity contribution < 1.29 is 13.2 Å². The molecule has 0 radical (unpaired) electrons. The van der Waals surface area contributed by atoms with Crippen molar-refractivity contribution >= 4 is 12.2 Å². The Bertz CT molecular complexity index is 950. The van der Waals surface area contributed by atoms with Crippen molar-refractivity contribution in [3.8, 4) is 17.3 Å². The van der Waals surface area contributed by atoms with E-state index in [0.29, 0.717) is 5.56 Å². The van der Waals surface area contributed by atoms with E-state index in [1.54, 1.807) is 12.2 Å². The number of rotatable bonds is 3. The highest BCUT2D eigenvalue weighted by Gasteiger charge is 2.31. The lowest BCUT2D eigenvalue weighted by Crippen LogP contribution is -2.05. The third-order valence-electron chi connectivity index (χ3n) is 3.55. The van der Waals surface area contributed by atoms with Gasteiger partial charge in [0.1, 0.15) is 11.8 Å². The Morgan fingerprint density at radius 3 is 2.48 bits per heavy atom. The topological polar surface area (TPSA) is 65.4 Å². The van der Waals surface area contributed by atoms with Crippen LogP contribution in [-0.2, 0) is 6.18 Å². The standard InChI is InChI=1S/C18H11F3N4/c19-18(20,21)14-9-8-13(7-6-12-4-2-1-3-5-12)15(10-14)17-16(11-22)23-25-24-17/h1-10H,(H,23,24,25)/b7-6+. The van der Waals surface area contributed by atoms with Gasteiger partial charge in [0.05, 0.1) is 5.56 Å². The van der Waals surface area contributed by atoms with Gasteiger partial charge in [0.25, 0.3) is 0 Å². The molecule has 0 saturated heterocycles. The Balaban J connectivity index is 2.12. The molecule has 0 atom stereocenters. The van der Waals surface area contributed by atoms with E-state index in [-0.39, 0.29) is 17.0 Å². The lowest BCUT2D eigenvalue weighted by Gasteiger charge is -2.10. The van der Waals surface area contributed by atoms with Crippen molar-refractivity contribution in [2.24, 2.45) is 0 Å². The second kappa shape index (κ2) is 6.61. The molecular formula is C18H11F3N4. The number of hydrogen-bond donors (Lipinski definition) is 1. The zero-order valence-corrected chi connectivity index (χ0v) is 12.7. The monoisotopic (exact) mass is 340 g/mol. The number of nitriles is 1. The minimum absolute atomic E-state index is 0.00804. The van der Waals surface area contributed by atoms with E-state index in [2.05, 4.69) is 15.4 Å². The van der Waals surface area contributed by atoms with Crippen LogP contribution in [0.3, 0.4) is 0 Å². The summed E-state index contributed by atoms with van der Waals surface area (Å²) in [6.07, 6.45) is -1.04. The highest BCUT2D eigenvalue weighted by molar-refractivity contribution is 5.81. The van der Waals surface area contributed by atoms with Gasteiger partial charge in [-0.3, -0.25) is 0 Å². The smallest absolute Gasteiger partial charge is 0.247 e. The molecule has 1 aromatic heterocycles. The van der Waals surface area contributed by atoms with Gasteiger partial charge in [-0.15, -0.1) is 5.10 Å². The molecule has 1 heterocycles. The van der Waals surface area contributed by atoms with E-state index in [1.807, 2.05) is 36.4 Å². The normalized spacial score (nSPS) is 11.6. The summed E-state index contributed by atoms with van der Waals surface area (Å²) in [4.78, 5) is 0. The molecule has 0 amide bonds. The van der Waals surface area contributed by atoms with Crippen LogP contribution in [0.15, 0.2) is 48.5 Å². The van der Waals surface area contributed by atoms with Crippen LogP contribution in [0.5, 0.6) is 0 Å². The molecule has 0 spiro atoms. The third-order valence-corrected chi connectivity index (χ3v) is 3.55. The van der Waals surface area contributed by atoms with E-state index >= 15 is 0 Å². The van der Waals surface area contributed by atoms with Crippen molar-refractivity contribution in [2.75, 3.05) is 0 Å². The van der Waals surface area contributed by atoms with E-state index in [9.17, 15) is 13.2 Å². The van der Waals surface area contributed by atoms with Crippen LogP contribution in [-0.4, -0.2) is 15.4 Å². The third kappa shape index (κ3) is 3.58. The number of aromatic nitrogens is 3. The molecule has 0 saturated carbocycles. The largest absolute Gasteiger partial charge is 0.416 e. The summed E-state index contributed by atoms with van der Waals surface area (Å²) in [6.45, 7) is 0. The number of nitrogens with zero attached hydrogens (tertiary/aromatic N) is 3. The summed E-state index contributed by atoms with van der Waals surface area (Å²) < 4.78 is 39.1. The van der Waals surface area contributed by atoms with Crippen molar-refractivity contribution in [2.45, 2.75) is 6.18 Å². The number of H-pyrrole nitrogens is 1. The molecular weight excluding hydrogens is 329 g/mol. The first-order valence-electron chi connectivity index (χ1n) is 7.25. The molecule has 124 valence electrons. The second-order valence-electron chi connectivity index (χ2n) is 5.19. The molecule has 3 rings (SSSR count).